The van der Waals surface area contributed by atoms with Gasteiger partial charge in [0.1, 0.15) is 16.5 Å². The molecule has 2 aromatic rings. The summed E-state index contributed by atoms with van der Waals surface area (Å²) >= 11 is 0. The maximum absolute atomic E-state index is 13.9. The van der Waals surface area contributed by atoms with Gasteiger partial charge in [-0.05, 0) is 37.6 Å². The lowest BCUT2D eigenvalue weighted by molar-refractivity contribution is 0.0697. The maximum Gasteiger partial charge on any atom is 0.254 e. The van der Waals surface area contributed by atoms with E-state index in [1.165, 1.54) is 0 Å². The second kappa shape index (κ2) is 7.36. The number of amides is 1. The minimum Gasteiger partial charge on any atom is -0.336 e. The first-order chi connectivity index (χ1) is 12.7. The Bertz CT molecular complexity index is 984. The fourth-order valence-corrected chi connectivity index (χ4v) is 4.65. The molecule has 0 unspecified atom stereocenters. The van der Waals surface area contributed by atoms with Crippen LogP contribution in [0.4, 0.5) is 8.78 Å². The molecular formula is C19H20F2N2O3S. The lowest BCUT2D eigenvalue weighted by atomic mass is 10.0. The number of sulfonamides is 1. The van der Waals surface area contributed by atoms with E-state index >= 15 is 0 Å². The van der Waals surface area contributed by atoms with Crippen LogP contribution >= 0.6 is 0 Å². The number of halogens is 2. The molecule has 1 fully saturated rings. The van der Waals surface area contributed by atoms with Crippen LogP contribution in [0.15, 0.2) is 41.3 Å². The summed E-state index contributed by atoms with van der Waals surface area (Å²) in [5, 5.41) is 0. The molecule has 0 radical (unpaired) electrons. The Morgan fingerprint density at radius 1 is 0.963 bits per heavy atom. The van der Waals surface area contributed by atoms with Crippen LogP contribution in [0.5, 0.6) is 0 Å². The molecule has 0 bridgehead atoms. The highest BCUT2D eigenvalue weighted by Crippen LogP contribution is 2.22. The fourth-order valence-electron chi connectivity index (χ4n) is 3.18. The molecule has 8 heteroatoms. The Morgan fingerprint density at radius 2 is 1.63 bits per heavy atom. The van der Waals surface area contributed by atoms with Crippen molar-refractivity contribution in [3.05, 3.63) is 64.7 Å². The molecule has 1 heterocycles. The summed E-state index contributed by atoms with van der Waals surface area (Å²) in [5.41, 5.74) is 2.51. The summed E-state index contributed by atoms with van der Waals surface area (Å²) in [4.78, 5) is 13.7. The van der Waals surface area contributed by atoms with Gasteiger partial charge in [0.05, 0.1) is 0 Å². The van der Waals surface area contributed by atoms with Crippen molar-refractivity contribution in [2.24, 2.45) is 0 Å². The molecule has 0 spiro atoms. The monoisotopic (exact) mass is 394 g/mol. The highest BCUT2D eigenvalue weighted by molar-refractivity contribution is 7.89. The number of rotatable bonds is 3. The normalized spacial score (nSPS) is 15.8. The predicted molar refractivity (Wildman–Crippen MR) is 96.9 cm³/mol. The van der Waals surface area contributed by atoms with Gasteiger partial charge in [-0.2, -0.15) is 4.31 Å². The summed E-state index contributed by atoms with van der Waals surface area (Å²) < 4.78 is 53.3. The molecule has 0 atom stereocenters. The van der Waals surface area contributed by atoms with Gasteiger partial charge in [0.2, 0.25) is 10.0 Å². The van der Waals surface area contributed by atoms with Crippen molar-refractivity contribution >= 4 is 15.9 Å². The zero-order valence-corrected chi connectivity index (χ0v) is 15.9. The van der Waals surface area contributed by atoms with Crippen molar-refractivity contribution in [1.29, 1.82) is 0 Å². The van der Waals surface area contributed by atoms with E-state index in [9.17, 15) is 22.0 Å². The van der Waals surface area contributed by atoms with Gasteiger partial charge in [-0.3, -0.25) is 4.79 Å². The molecule has 1 aliphatic heterocycles. The van der Waals surface area contributed by atoms with Crippen LogP contribution in [0.3, 0.4) is 0 Å². The first-order valence-corrected chi connectivity index (χ1v) is 9.96. The van der Waals surface area contributed by atoms with E-state index in [1.807, 2.05) is 26.0 Å². The van der Waals surface area contributed by atoms with E-state index in [2.05, 4.69) is 0 Å². The molecule has 0 saturated carbocycles. The molecular weight excluding hydrogens is 374 g/mol. The zero-order valence-electron chi connectivity index (χ0n) is 15.1. The van der Waals surface area contributed by atoms with Gasteiger partial charge >= 0.3 is 0 Å². The van der Waals surface area contributed by atoms with Crippen molar-refractivity contribution in [3.8, 4) is 0 Å². The largest absolute Gasteiger partial charge is 0.336 e. The summed E-state index contributed by atoms with van der Waals surface area (Å²) in [7, 11) is -4.08. The van der Waals surface area contributed by atoms with Crippen molar-refractivity contribution in [1.82, 2.24) is 9.21 Å². The van der Waals surface area contributed by atoms with E-state index in [4.69, 9.17) is 0 Å². The summed E-state index contributed by atoms with van der Waals surface area (Å²) in [6, 6.07) is 7.93. The van der Waals surface area contributed by atoms with Crippen molar-refractivity contribution < 1.29 is 22.0 Å². The Morgan fingerprint density at radius 3 is 2.22 bits per heavy atom. The van der Waals surface area contributed by atoms with Crippen LogP contribution in [0.25, 0.3) is 0 Å². The van der Waals surface area contributed by atoms with E-state index in [0.717, 1.165) is 27.6 Å². The first kappa shape index (κ1) is 19.4. The van der Waals surface area contributed by atoms with Gasteiger partial charge in [0, 0.05) is 37.8 Å². The smallest absolute Gasteiger partial charge is 0.254 e. The molecule has 27 heavy (non-hydrogen) atoms. The molecule has 1 amide bonds. The molecule has 1 aliphatic rings. The number of aryl methyl sites for hydroxylation is 2. The molecule has 0 aromatic heterocycles. The lowest BCUT2D eigenvalue weighted by Gasteiger charge is -2.34. The summed E-state index contributed by atoms with van der Waals surface area (Å²) in [6.07, 6.45) is 0. The Labute approximate surface area is 157 Å². The van der Waals surface area contributed by atoms with E-state index in [0.29, 0.717) is 11.6 Å². The average molecular weight is 394 g/mol. The van der Waals surface area contributed by atoms with Crippen LogP contribution in [-0.4, -0.2) is 49.7 Å². The highest BCUT2D eigenvalue weighted by Gasteiger charge is 2.32. The van der Waals surface area contributed by atoms with Crippen LogP contribution in [0.2, 0.25) is 0 Å². The maximum atomic E-state index is 13.9. The summed E-state index contributed by atoms with van der Waals surface area (Å²) in [6.45, 7) is 4.31. The molecule has 1 saturated heterocycles. The molecule has 0 N–H and O–H groups in total. The topological polar surface area (TPSA) is 57.7 Å². The number of benzene rings is 2. The summed E-state index contributed by atoms with van der Waals surface area (Å²) in [5.74, 6) is -2.11. The van der Waals surface area contributed by atoms with E-state index in [1.54, 1.807) is 11.0 Å². The van der Waals surface area contributed by atoms with Crippen molar-refractivity contribution in [2.75, 3.05) is 26.2 Å². The van der Waals surface area contributed by atoms with E-state index < -0.39 is 26.6 Å². The minimum atomic E-state index is -4.08. The van der Waals surface area contributed by atoms with Crippen LogP contribution in [0, 0.1) is 25.5 Å². The van der Waals surface area contributed by atoms with Crippen LogP contribution < -0.4 is 0 Å². The quantitative estimate of drug-likeness (QED) is 0.804. The Hall–Kier alpha value is -2.32. The molecule has 2 aromatic carbocycles. The van der Waals surface area contributed by atoms with E-state index in [-0.39, 0.29) is 32.1 Å². The highest BCUT2D eigenvalue weighted by atomic mass is 32.2. The Kier molecular flexibility index (Phi) is 5.30. The van der Waals surface area contributed by atoms with Gasteiger partial charge in [-0.15, -0.1) is 0 Å². The molecule has 5 nitrogen and oxygen atoms in total. The molecule has 144 valence electrons. The number of carbonyl (C=O) groups excluding carboxylic acids is 1. The van der Waals surface area contributed by atoms with Gasteiger partial charge in [-0.1, -0.05) is 17.7 Å². The number of hydrogen-bond acceptors (Lipinski definition) is 3. The zero-order chi connectivity index (χ0) is 19.8. The van der Waals surface area contributed by atoms with Crippen molar-refractivity contribution in [2.45, 2.75) is 18.7 Å². The first-order valence-electron chi connectivity index (χ1n) is 8.52. The standard InChI is InChI=1S/C19H20F2N2O3S/c1-13-3-5-16(14(2)11-13)19(24)22-7-9-23(10-8-22)27(25,26)18-6-4-15(20)12-17(18)21/h3-6,11-12H,7-10H2,1-2H3. The third-order valence-corrected chi connectivity index (χ3v) is 6.58. The third-order valence-electron chi connectivity index (χ3n) is 4.65. The van der Waals surface area contributed by atoms with Gasteiger partial charge in [0.25, 0.3) is 5.91 Å². The minimum absolute atomic E-state index is 0.0514. The average Bonchev–Trinajstić information content (AvgIpc) is 2.61. The van der Waals surface area contributed by atoms with Gasteiger partial charge in [-0.25, -0.2) is 17.2 Å². The number of hydrogen-bond donors (Lipinski definition) is 0. The molecule has 0 aliphatic carbocycles. The number of piperazine rings is 1. The molecule has 3 rings (SSSR count). The second-order valence-corrected chi connectivity index (χ2v) is 8.50. The number of carbonyl (C=O) groups is 1. The van der Waals surface area contributed by atoms with Crippen LogP contribution in [0.1, 0.15) is 21.5 Å². The fraction of sp³-hybridized carbons (Fsp3) is 0.316. The van der Waals surface area contributed by atoms with Gasteiger partial charge in [0.15, 0.2) is 0 Å². The predicted octanol–water partition coefficient (Wildman–Crippen LogP) is 2.73. The van der Waals surface area contributed by atoms with Crippen LogP contribution in [-0.2, 0) is 10.0 Å². The lowest BCUT2D eigenvalue weighted by Crippen LogP contribution is -2.50. The number of nitrogens with zero attached hydrogens (tertiary/aromatic N) is 2. The van der Waals surface area contributed by atoms with Gasteiger partial charge < -0.3 is 4.90 Å². The van der Waals surface area contributed by atoms with Crippen molar-refractivity contribution in [3.63, 3.8) is 0 Å². The Balaban J connectivity index is 1.74. The SMILES string of the molecule is Cc1ccc(C(=O)N2CCN(S(=O)(=O)c3ccc(F)cc3F)CC2)c(C)c1. The second-order valence-electron chi connectivity index (χ2n) is 6.59. The third kappa shape index (κ3) is 3.86.